The Balaban J connectivity index is 1.67. The van der Waals surface area contributed by atoms with E-state index in [2.05, 4.69) is 15.1 Å². The van der Waals surface area contributed by atoms with Crippen LogP contribution in [-0.4, -0.2) is 26.4 Å². The second-order valence-corrected chi connectivity index (χ2v) is 3.81. The van der Waals surface area contributed by atoms with Crippen LogP contribution in [0.4, 0.5) is 0 Å². The molecule has 0 radical (unpaired) electrons. The lowest BCUT2D eigenvalue weighted by Crippen LogP contribution is -2.09. The third-order valence-corrected chi connectivity index (χ3v) is 2.56. The lowest BCUT2D eigenvalue weighted by molar-refractivity contribution is 0.282. The van der Waals surface area contributed by atoms with E-state index in [0.717, 1.165) is 11.0 Å². The summed E-state index contributed by atoms with van der Waals surface area (Å²) >= 11 is 0. The summed E-state index contributed by atoms with van der Waals surface area (Å²) in [6.45, 7) is 1.25. The van der Waals surface area contributed by atoms with Crippen LogP contribution in [0.5, 0.6) is 5.88 Å². The molecule has 0 fully saturated rings. The quantitative estimate of drug-likeness (QED) is 0.699. The Morgan fingerprint density at radius 3 is 2.94 bits per heavy atom. The van der Waals surface area contributed by atoms with Crippen molar-refractivity contribution in [3.8, 4) is 5.88 Å². The Morgan fingerprint density at radius 2 is 2.06 bits per heavy atom. The summed E-state index contributed by atoms with van der Waals surface area (Å²) in [5, 5.41) is 4.10. The molecule has 18 heavy (non-hydrogen) atoms. The van der Waals surface area contributed by atoms with E-state index < -0.39 is 0 Å². The van der Waals surface area contributed by atoms with Crippen molar-refractivity contribution in [2.75, 3.05) is 6.61 Å². The fourth-order valence-corrected chi connectivity index (χ4v) is 1.70. The molecular weight excluding hydrogens is 228 g/mol. The highest BCUT2D eigenvalue weighted by Crippen LogP contribution is 2.13. The molecule has 0 saturated heterocycles. The van der Waals surface area contributed by atoms with E-state index >= 15 is 0 Å². The minimum Gasteiger partial charge on any atom is -0.476 e. The van der Waals surface area contributed by atoms with Gasteiger partial charge >= 0.3 is 0 Å². The standard InChI is InChI=1S/C13H12N4O/c1-3-12-11(14-6-1)4-5-13(16-12)18-10-9-17-8-2-7-15-17/h1-8H,9-10H2. The Morgan fingerprint density at radius 1 is 1.06 bits per heavy atom. The molecule has 0 aliphatic carbocycles. The maximum atomic E-state index is 5.59. The first-order chi connectivity index (χ1) is 8.92. The summed E-state index contributed by atoms with van der Waals surface area (Å²) in [5.74, 6) is 0.614. The van der Waals surface area contributed by atoms with Crippen molar-refractivity contribution in [3.05, 3.63) is 48.9 Å². The molecule has 3 rings (SSSR count). The summed E-state index contributed by atoms with van der Waals surface area (Å²) in [5.41, 5.74) is 1.71. The minimum absolute atomic E-state index is 0.542. The van der Waals surface area contributed by atoms with Gasteiger partial charge in [0.2, 0.25) is 5.88 Å². The molecule has 0 atom stereocenters. The molecule has 5 heteroatoms. The smallest absolute Gasteiger partial charge is 0.213 e. The Labute approximate surface area is 104 Å². The fourth-order valence-electron chi connectivity index (χ4n) is 1.70. The van der Waals surface area contributed by atoms with Gasteiger partial charge in [0.15, 0.2) is 0 Å². The van der Waals surface area contributed by atoms with E-state index in [0.29, 0.717) is 19.0 Å². The van der Waals surface area contributed by atoms with Gasteiger partial charge in [-0.1, -0.05) is 0 Å². The Kier molecular flexibility index (Phi) is 2.87. The monoisotopic (exact) mass is 240 g/mol. The summed E-state index contributed by atoms with van der Waals surface area (Å²) in [6.07, 6.45) is 5.41. The first-order valence-corrected chi connectivity index (χ1v) is 5.74. The van der Waals surface area contributed by atoms with Crippen molar-refractivity contribution < 1.29 is 4.74 Å². The van der Waals surface area contributed by atoms with Crippen LogP contribution in [0.1, 0.15) is 0 Å². The van der Waals surface area contributed by atoms with Gasteiger partial charge in [0.1, 0.15) is 6.61 Å². The highest BCUT2D eigenvalue weighted by molar-refractivity contribution is 5.74. The highest BCUT2D eigenvalue weighted by Gasteiger charge is 1.99. The number of hydrogen-bond donors (Lipinski definition) is 0. The average molecular weight is 240 g/mol. The van der Waals surface area contributed by atoms with E-state index in [-0.39, 0.29) is 0 Å². The van der Waals surface area contributed by atoms with Crippen LogP contribution in [0.15, 0.2) is 48.9 Å². The van der Waals surface area contributed by atoms with Crippen molar-refractivity contribution >= 4 is 11.0 Å². The predicted octanol–water partition coefficient (Wildman–Crippen LogP) is 1.91. The summed E-state index contributed by atoms with van der Waals surface area (Å²) < 4.78 is 7.41. The zero-order chi connectivity index (χ0) is 12.2. The van der Waals surface area contributed by atoms with Crippen molar-refractivity contribution in [1.82, 2.24) is 19.7 Å². The summed E-state index contributed by atoms with van der Waals surface area (Å²) in [7, 11) is 0. The number of aromatic nitrogens is 4. The van der Waals surface area contributed by atoms with E-state index in [9.17, 15) is 0 Å². The second-order valence-electron chi connectivity index (χ2n) is 3.81. The third kappa shape index (κ3) is 2.29. The van der Waals surface area contributed by atoms with Gasteiger partial charge in [-0.25, -0.2) is 4.98 Å². The zero-order valence-corrected chi connectivity index (χ0v) is 9.73. The SMILES string of the molecule is c1cnc2ccc(OCCn3cccn3)nc2c1. The lowest BCUT2D eigenvalue weighted by Gasteiger charge is -2.06. The largest absolute Gasteiger partial charge is 0.476 e. The van der Waals surface area contributed by atoms with E-state index in [4.69, 9.17) is 4.74 Å². The van der Waals surface area contributed by atoms with E-state index in [1.807, 2.05) is 41.2 Å². The number of ether oxygens (including phenoxy) is 1. The molecule has 5 nitrogen and oxygen atoms in total. The highest BCUT2D eigenvalue weighted by atomic mass is 16.5. The van der Waals surface area contributed by atoms with Crippen molar-refractivity contribution in [3.63, 3.8) is 0 Å². The van der Waals surface area contributed by atoms with E-state index in [1.54, 1.807) is 12.4 Å². The van der Waals surface area contributed by atoms with Crippen molar-refractivity contribution in [2.45, 2.75) is 6.54 Å². The lowest BCUT2D eigenvalue weighted by atomic mass is 10.3. The van der Waals surface area contributed by atoms with E-state index in [1.165, 1.54) is 0 Å². The molecule has 0 aliphatic heterocycles. The van der Waals surface area contributed by atoms with Crippen molar-refractivity contribution in [1.29, 1.82) is 0 Å². The molecule has 0 aliphatic rings. The first-order valence-electron chi connectivity index (χ1n) is 5.74. The van der Waals surface area contributed by atoms with Gasteiger partial charge < -0.3 is 4.74 Å². The topological polar surface area (TPSA) is 52.8 Å². The maximum absolute atomic E-state index is 5.59. The first kappa shape index (κ1) is 10.7. The molecule has 3 heterocycles. The van der Waals surface area contributed by atoms with Gasteiger partial charge in [-0.2, -0.15) is 5.10 Å². The molecular formula is C13H12N4O. The van der Waals surface area contributed by atoms with Gasteiger partial charge in [-0.15, -0.1) is 0 Å². The summed E-state index contributed by atoms with van der Waals surface area (Å²) in [6, 6.07) is 9.41. The molecule has 3 aromatic heterocycles. The average Bonchev–Trinajstić information content (AvgIpc) is 2.92. The minimum atomic E-state index is 0.542. The van der Waals surface area contributed by atoms with Crippen LogP contribution in [-0.2, 0) is 6.54 Å². The van der Waals surface area contributed by atoms with Gasteiger partial charge in [0.25, 0.3) is 0 Å². The molecule has 0 bridgehead atoms. The van der Waals surface area contributed by atoms with Crippen LogP contribution in [0.25, 0.3) is 11.0 Å². The summed E-state index contributed by atoms with van der Waals surface area (Å²) in [4.78, 5) is 8.59. The van der Waals surface area contributed by atoms with Crippen LogP contribution in [0.2, 0.25) is 0 Å². The van der Waals surface area contributed by atoms with Gasteiger partial charge in [-0.3, -0.25) is 9.67 Å². The van der Waals surface area contributed by atoms with Crippen LogP contribution in [0.3, 0.4) is 0 Å². The number of hydrogen-bond acceptors (Lipinski definition) is 4. The molecule has 0 N–H and O–H groups in total. The number of fused-ring (bicyclic) bond motifs is 1. The molecule has 0 unspecified atom stereocenters. The van der Waals surface area contributed by atoms with Crippen LogP contribution >= 0.6 is 0 Å². The van der Waals surface area contributed by atoms with Gasteiger partial charge in [0.05, 0.1) is 17.6 Å². The molecule has 0 saturated carbocycles. The van der Waals surface area contributed by atoms with Crippen LogP contribution in [0, 0.1) is 0 Å². The normalized spacial score (nSPS) is 10.7. The predicted molar refractivity (Wildman–Crippen MR) is 67.3 cm³/mol. The number of rotatable bonds is 4. The maximum Gasteiger partial charge on any atom is 0.213 e. The van der Waals surface area contributed by atoms with Gasteiger partial charge in [-0.05, 0) is 24.3 Å². The molecule has 90 valence electrons. The molecule has 3 aromatic rings. The molecule has 0 amide bonds. The Bertz CT molecular complexity index is 636. The molecule has 0 aromatic carbocycles. The third-order valence-electron chi connectivity index (χ3n) is 2.56. The second kappa shape index (κ2) is 4.83. The fraction of sp³-hybridized carbons (Fsp3) is 0.154. The van der Waals surface area contributed by atoms with Crippen molar-refractivity contribution in [2.24, 2.45) is 0 Å². The molecule has 0 spiro atoms. The zero-order valence-electron chi connectivity index (χ0n) is 9.73. The van der Waals surface area contributed by atoms with Gasteiger partial charge in [0, 0.05) is 24.7 Å². The van der Waals surface area contributed by atoms with Crippen LogP contribution < -0.4 is 4.74 Å². The Hall–Kier alpha value is -2.43. The number of pyridine rings is 2. The number of nitrogens with zero attached hydrogens (tertiary/aromatic N) is 4.